The van der Waals surface area contributed by atoms with Crippen LogP contribution in [0.15, 0.2) is 23.4 Å². The van der Waals surface area contributed by atoms with Gasteiger partial charge in [0.05, 0.1) is 24.2 Å². The number of aryl methyl sites for hydroxylation is 1. The number of aliphatic hydroxyl groups is 1. The molecular formula is C10H16N2O4S. The van der Waals surface area contributed by atoms with Crippen molar-refractivity contribution in [3.63, 3.8) is 0 Å². The lowest BCUT2D eigenvalue weighted by Gasteiger charge is -2.30. The molecule has 7 heteroatoms. The van der Waals surface area contributed by atoms with Gasteiger partial charge >= 0.3 is 0 Å². The number of aromatic nitrogens is 1. The highest BCUT2D eigenvalue weighted by molar-refractivity contribution is 7.89. The summed E-state index contributed by atoms with van der Waals surface area (Å²) in [5, 5.41) is 9.00. The van der Waals surface area contributed by atoms with Crippen molar-refractivity contribution < 1.29 is 18.3 Å². The fourth-order valence-electron chi connectivity index (χ4n) is 1.80. The Morgan fingerprint density at radius 1 is 1.59 bits per heavy atom. The van der Waals surface area contributed by atoms with Crippen LogP contribution in [0.1, 0.15) is 0 Å². The van der Waals surface area contributed by atoms with Gasteiger partial charge in [0.2, 0.25) is 10.0 Å². The first-order valence-corrected chi connectivity index (χ1v) is 6.82. The van der Waals surface area contributed by atoms with E-state index in [2.05, 4.69) is 0 Å². The Kier molecular flexibility index (Phi) is 3.53. The van der Waals surface area contributed by atoms with Gasteiger partial charge in [0.15, 0.2) is 0 Å². The van der Waals surface area contributed by atoms with Crippen LogP contribution in [0.5, 0.6) is 0 Å². The van der Waals surface area contributed by atoms with Crippen molar-refractivity contribution in [3.8, 4) is 0 Å². The summed E-state index contributed by atoms with van der Waals surface area (Å²) < 4.78 is 32.8. The standard InChI is InChI=1S/C10H16N2O4S/c1-11-3-2-10(7-11)17(14,15)12-4-5-16-9(6-12)8-13/h2-3,7,9,13H,4-6,8H2,1H3. The minimum absolute atomic E-state index is 0.166. The number of rotatable bonds is 3. The van der Waals surface area contributed by atoms with Gasteiger partial charge in [-0.15, -0.1) is 0 Å². The fourth-order valence-corrected chi connectivity index (χ4v) is 3.31. The Hall–Kier alpha value is -0.890. The summed E-state index contributed by atoms with van der Waals surface area (Å²) in [6.45, 7) is 0.680. The molecule has 1 aromatic heterocycles. The summed E-state index contributed by atoms with van der Waals surface area (Å²) in [5.41, 5.74) is 0. The summed E-state index contributed by atoms with van der Waals surface area (Å²) in [4.78, 5) is 0.276. The second-order valence-corrected chi connectivity index (χ2v) is 5.99. The second-order valence-electron chi connectivity index (χ2n) is 4.05. The maximum atomic E-state index is 12.2. The lowest BCUT2D eigenvalue weighted by atomic mass is 10.3. The van der Waals surface area contributed by atoms with Gasteiger partial charge in [0, 0.05) is 32.5 Å². The third-order valence-corrected chi connectivity index (χ3v) is 4.60. The van der Waals surface area contributed by atoms with Crippen LogP contribution in [-0.2, 0) is 21.8 Å². The molecular weight excluding hydrogens is 244 g/mol. The first kappa shape index (κ1) is 12.6. The van der Waals surface area contributed by atoms with Crippen LogP contribution >= 0.6 is 0 Å². The van der Waals surface area contributed by atoms with Gasteiger partial charge in [0.25, 0.3) is 0 Å². The van der Waals surface area contributed by atoms with Crippen molar-refractivity contribution in [2.24, 2.45) is 7.05 Å². The van der Waals surface area contributed by atoms with Crippen molar-refractivity contribution in [1.29, 1.82) is 0 Å². The van der Waals surface area contributed by atoms with Crippen molar-refractivity contribution in [2.45, 2.75) is 11.0 Å². The van der Waals surface area contributed by atoms with Gasteiger partial charge in [-0.2, -0.15) is 4.31 Å². The van der Waals surface area contributed by atoms with E-state index in [1.807, 2.05) is 0 Å². The molecule has 0 radical (unpaired) electrons. The van der Waals surface area contributed by atoms with Crippen LogP contribution in [0.4, 0.5) is 0 Å². The van der Waals surface area contributed by atoms with Gasteiger partial charge < -0.3 is 14.4 Å². The van der Waals surface area contributed by atoms with E-state index in [1.165, 1.54) is 4.31 Å². The summed E-state index contributed by atoms with van der Waals surface area (Å²) in [5.74, 6) is 0. The van der Waals surface area contributed by atoms with Crippen LogP contribution in [0.3, 0.4) is 0 Å². The maximum Gasteiger partial charge on any atom is 0.244 e. The maximum absolute atomic E-state index is 12.2. The van der Waals surface area contributed by atoms with E-state index in [-0.39, 0.29) is 18.0 Å². The minimum Gasteiger partial charge on any atom is -0.394 e. The molecule has 2 heterocycles. The number of hydrogen-bond acceptors (Lipinski definition) is 4. The van der Waals surface area contributed by atoms with Crippen LogP contribution < -0.4 is 0 Å². The van der Waals surface area contributed by atoms with Crippen molar-refractivity contribution >= 4 is 10.0 Å². The number of morpholine rings is 1. The zero-order valence-electron chi connectivity index (χ0n) is 9.61. The first-order valence-electron chi connectivity index (χ1n) is 5.38. The summed E-state index contributed by atoms with van der Waals surface area (Å²) in [6, 6.07) is 1.57. The SMILES string of the molecule is Cn1ccc(S(=O)(=O)N2CCOC(CO)C2)c1. The zero-order chi connectivity index (χ0) is 12.5. The largest absolute Gasteiger partial charge is 0.394 e. The molecule has 1 atom stereocenters. The Morgan fingerprint density at radius 2 is 2.35 bits per heavy atom. The molecule has 1 N–H and O–H groups in total. The molecule has 1 saturated heterocycles. The molecule has 0 bridgehead atoms. The lowest BCUT2D eigenvalue weighted by Crippen LogP contribution is -2.46. The summed E-state index contributed by atoms with van der Waals surface area (Å²) >= 11 is 0. The number of sulfonamides is 1. The monoisotopic (exact) mass is 260 g/mol. The molecule has 0 saturated carbocycles. The molecule has 2 rings (SSSR count). The van der Waals surface area contributed by atoms with Crippen molar-refractivity contribution in [1.82, 2.24) is 8.87 Å². The van der Waals surface area contributed by atoms with E-state index in [4.69, 9.17) is 9.84 Å². The van der Waals surface area contributed by atoms with E-state index < -0.39 is 16.1 Å². The van der Waals surface area contributed by atoms with Crippen LogP contribution in [0.2, 0.25) is 0 Å². The third-order valence-electron chi connectivity index (χ3n) is 2.75. The number of ether oxygens (including phenoxy) is 1. The summed E-state index contributed by atoms with van der Waals surface area (Å²) in [7, 11) is -1.69. The summed E-state index contributed by atoms with van der Waals surface area (Å²) in [6.07, 6.45) is 2.83. The van der Waals surface area contributed by atoms with Crippen molar-refractivity contribution in [3.05, 3.63) is 18.5 Å². The van der Waals surface area contributed by atoms with E-state index in [1.54, 1.807) is 30.1 Å². The molecule has 1 aliphatic heterocycles. The van der Waals surface area contributed by atoms with Crippen LogP contribution in [-0.4, -0.2) is 54.8 Å². The molecule has 6 nitrogen and oxygen atoms in total. The van der Waals surface area contributed by atoms with Crippen molar-refractivity contribution in [2.75, 3.05) is 26.3 Å². The third kappa shape index (κ3) is 2.52. The topological polar surface area (TPSA) is 71.8 Å². The lowest BCUT2D eigenvalue weighted by molar-refractivity contribution is -0.0304. The highest BCUT2D eigenvalue weighted by atomic mass is 32.2. The van der Waals surface area contributed by atoms with E-state index in [9.17, 15) is 8.42 Å². The molecule has 1 aromatic rings. The molecule has 0 amide bonds. The first-order chi connectivity index (χ1) is 8.04. The number of aliphatic hydroxyl groups excluding tert-OH is 1. The average Bonchev–Trinajstić information content (AvgIpc) is 2.76. The van der Waals surface area contributed by atoms with E-state index >= 15 is 0 Å². The molecule has 0 aromatic carbocycles. The predicted molar refractivity (Wildman–Crippen MR) is 61.0 cm³/mol. The van der Waals surface area contributed by atoms with Gasteiger partial charge in [-0.05, 0) is 6.07 Å². The van der Waals surface area contributed by atoms with Gasteiger partial charge in [-0.1, -0.05) is 0 Å². The molecule has 17 heavy (non-hydrogen) atoms. The second kappa shape index (κ2) is 4.77. The Morgan fingerprint density at radius 3 is 2.94 bits per heavy atom. The molecule has 96 valence electrons. The zero-order valence-corrected chi connectivity index (χ0v) is 10.4. The highest BCUT2D eigenvalue weighted by Gasteiger charge is 2.30. The van der Waals surface area contributed by atoms with Crippen LogP contribution in [0, 0.1) is 0 Å². The fraction of sp³-hybridized carbons (Fsp3) is 0.600. The Labute approximate surface area is 100 Å². The minimum atomic E-state index is -3.46. The number of nitrogens with zero attached hydrogens (tertiary/aromatic N) is 2. The number of hydrogen-bond donors (Lipinski definition) is 1. The molecule has 1 aliphatic rings. The van der Waals surface area contributed by atoms with Gasteiger partial charge in [-0.3, -0.25) is 0 Å². The molecule has 0 aliphatic carbocycles. The van der Waals surface area contributed by atoms with E-state index in [0.29, 0.717) is 13.2 Å². The normalized spacial score (nSPS) is 22.8. The van der Waals surface area contributed by atoms with Crippen LogP contribution in [0.25, 0.3) is 0 Å². The quantitative estimate of drug-likeness (QED) is 0.788. The molecule has 1 unspecified atom stereocenters. The Balaban J connectivity index is 2.21. The molecule has 0 spiro atoms. The molecule has 1 fully saturated rings. The predicted octanol–water partition coefficient (Wildman–Crippen LogP) is -0.593. The highest BCUT2D eigenvalue weighted by Crippen LogP contribution is 2.18. The average molecular weight is 260 g/mol. The van der Waals surface area contributed by atoms with E-state index in [0.717, 1.165) is 0 Å². The van der Waals surface area contributed by atoms with Gasteiger partial charge in [-0.25, -0.2) is 8.42 Å². The Bertz CT molecular complexity index is 482. The van der Waals surface area contributed by atoms with Gasteiger partial charge in [0.1, 0.15) is 0 Å². The smallest absolute Gasteiger partial charge is 0.244 e.